The fourth-order valence-electron chi connectivity index (χ4n) is 1.61. The van der Waals surface area contributed by atoms with E-state index in [0.717, 1.165) is 12.8 Å². The topological polar surface area (TPSA) is 83.8 Å². The predicted octanol–water partition coefficient (Wildman–Crippen LogP) is 1.55. The fourth-order valence-corrected chi connectivity index (χ4v) is 1.61. The summed E-state index contributed by atoms with van der Waals surface area (Å²) in [5.74, 6) is 0.757. The molecule has 0 spiro atoms. The van der Waals surface area contributed by atoms with Gasteiger partial charge in [-0.25, -0.2) is 0 Å². The van der Waals surface area contributed by atoms with Crippen LogP contribution >= 0.6 is 0 Å². The highest BCUT2D eigenvalue weighted by molar-refractivity contribution is 5.98. The van der Waals surface area contributed by atoms with Crippen molar-refractivity contribution < 1.29 is 4.79 Å². The lowest BCUT2D eigenvalue weighted by atomic mass is 10.0. The van der Waals surface area contributed by atoms with Gasteiger partial charge >= 0.3 is 0 Å². The predicted molar refractivity (Wildman–Crippen MR) is 64.0 cm³/mol. The lowest BCUT2D eigenvalue weighted by molar-refractivity contribution is 0.0936. The second-order valence-corrected chi connectivity index (χ2v) is 4.32. The third-order valence-corrected chi connectivity index (χ3v) is 2.74. The van der Waals surface area contributed by atoms with E-state index >= 15 is 0 Å². The molecule has 1 aromatic rings. The van der Waals surface area contributed by atoms with Gasteiger partial charge in [-0.05, 0) is 19.3 Å². The van der Waals surface area contributed by atoms with Gasteiger partial charge in [0.1, 0.15) is 11.4 Å². The fraction of sp³-hybridized carbons (Fsp3) is 0.636. The van der Waals surface area contributed by atoms with E-state index in [1.165, 1.54) is 6.20 Å². The van der Waals surface area contributed by atoms with Crippen LogP contribution in [0.5, 0.6) is 0 Å². The number of nitrogens with two attached hydrogens (primary N) is 1. The van der Waals surface area contributed by atoms with Gasteiger partial charge in [-0.2, -0.15) is 5.10 Å². The number of aromatic amines is 1. The zero-order valence-corrected chi connectivity index (χ0v) is 10.1. The quantitative estimate of drug-likeness (QED) is 0.709. The number of nitrogen functional groups attached to an aromatic ring is 1. The Kier molecular flexibility index (Phi) is 4.34. The summed E-state index contributed by atoms with van der Waals surface area (Å²) in [7, 11) is 0. The smallest absolute Gasteiger partial charge is 0.256 e. The van der Waals surface area contributed by atoms with E-state index in [1.54, 1.807) is 0 Å². The van der Waals surface area contributed by atoms with Crippen molar-refractivity contribution >= 4 is 11.7 Å². The van der Waals surface area contributed by atoms with E-state index in [2.05, 4.69) is 29.4 Å². The molecule has 0 radical (unpaired) electrons. The zero-order valence-electron chi connectivity index (χ0n) is 10.1. The Bertz CT molecular complexity index is 348. The molecule has 1 rings (SSSR count). The van der Waals surface area contributed by atoms with Gasteiger partial charge in [-0.3, -0.25) is 9.89 Å². The van der Waals surface area contributed by atoms with E-state index in [1.807, 2.05) is 6.92 Å². The number of carbonyl (C=O) groups is 1. The first-order valence-corrected chi connectivity index (χ1v) is 5.64. The summed E-state index contributed by atoms with van der Waals surface area (Å²) in [6.07, 6.45) is 3.54. The van der Waals surface area contributed by atoms with Crippen LogP contribution in [0.4, 0.5) is 5.82 Å². The molecule has 2 atom stereocenters. The van der Waals surface area contributed by atoms with Crippen molar-refractivity contribution in [2.24, 2.45) is 5.92 Å². The Labute approximate surface area is 95.8 Å². The van der Waals surface area contributed by atoms with Gasteiger partial charge in [0.2, 0.25) is 0 Å². The van der Waals surface area contributed by atoms with Gasteiger partial charge in [0.15, 0.2) is 0 Å². The minimum atomic E-state index is -0.165. The number of nitrogens with zero attached hydrogens (tertiary/aromatic N) is 1. The van der Waals surface area contributed by atoms with E-state index in [0.29, 0.717) is 17.3 Å². The molecule has 4 N–H and O–H groups in total. The monoisotopic (exact) mass is 224 g/mol. The van der Waals surface area contributed by atoms with Gasteiger partial charge in [-0.15, -0.1) is 0 Å². The number of H-pyrrole nitrogens is 1. The van der Waals surface area contributed by atoms with E-state index < -0.39 is 0 Å². The molecule has 1 aromatic heterocycles. The lowest BCUT2D eigenvalue weighted by Crippen LogP contribution is -2.33. The SMILES string of the molecule is CCC(C)CC(C)NC(=O)c1cn[nH]c1N. The number of carbonyl (C=O) groups excluding carboxylic acids is 1. The molecule has 0 aliphatic carbocycles. The number of nitrogens with one attached hydrogen (secondary N) is 2. The number of hydrogen-bond acceptors (Lipinski definition) is 3. The average molecular weight is 224 g/mol. The molecule has 90 valence electrons. The molecule has 16 heavy (non-hydrogen) atoms. The summed E-state index contributed by atoms with van der Waals surface area (Å²) in [5.41, 5.74) is 5.98. The van der Waals surface area contributed by atoms with Crippen LogP contribution in [0.15, 0.2) is 6.20 Å². The molecule has 0 aromatic carbocycles. The Balaban J connectivity index is 2.49. The van der Waals surface area contributed by atoms with Crippen LogP contribution in [0.3, 0.4) is 0 Å². The van der Waals surface area contributed by atoms with Crippen LogP contribution in [0.1, 0.15) is 44.0 Å². The molecule has 5 nitrogen and oxygen atoms in total. The van der Waals surface area contributed by atoms with Crippen LogP contribution in [0, 0.1) is 5.92 Å². The van der Waals surface area contributed by atoms with Crippen molar-refractivity contribution in [3.05, 3.63) is 11.8 Å². The van der Waals surface area contributed by atoms with Crippen molar-refractivity contribution in [2.75, 3.05) is 5.73 Å². The van der Waals surface area contributed by atoms with Gasteiger partial charge in [0, 0.05) is 6.04 Å². The molecule has 0 saturated heterocycles. The maximum Gasteiger partial charge on any atom is 0.256 e. The molecule has 0 aliphatic rings. The third kappa shape index (κ3) is 3.25. The maximum atomic E-state index is 11.8. The number of hydrogen-bond donors (Lipinski definition) is 3. The molecule has 2 unspecified atom stereocenters. The van der Waals surface area contributed by atoms with Crippen molar-refractivity contribution in [3.8, 4) is 0 Å². The molecule has 0 aliphatic heterocycles. The van der Waals surface area contributed by atoms with Crippen molar-refractivity contribution in [1.29, 1.82) is 0 Å². The lowest BCUT2D eigenvalue weighted by Gasteiger charge is -2.17. The summed E-state index contributed by atoms with van der Waals surface area (Å²) in [5, 5.41) is 9.17. The van der Waals surface area contributed by atoms with Crippen LogP contribution < -0.4 is 11.1 Å². The van der Waals surface area contributed by atoms with Gasteiger partial charge < -0.3 is 11.1 Å². The molecule has 0 saturated carbocycles. The van der Waals surface area contributed by atoms with Crippen molar-refractivity contribution in [3.63, 3.8) is 0 Å². The molecule has 5 heteroatoms. The summed E-state index contributed by atoms with van der Waals surface area (Å²) in [6.45, 7) is 6.32. The van der Waals surface area contributed by atoms with Crippen LogP contribution in [-0.2, 0) is 0 Å². The number of anilines is 1. The van der Waals surface area contributed by atoms with Gasteiger partial charge in [-0.1, -0.05) is 20.3 Å². The highest BCUT2D eigenvalue weighted by Gasteiger charge is 2.15. The molecular formula is C11H20N4O. The van der Waals surface area contributed by atoms with Gasteiger partial charge in [0.05, 0.1) is 6.20 Å². The van der Waals surface area contributed by atoms with Crippen LogP contribution in [0.2, 0.25) is 0 Å². The first kappa shape index (κ1) is 12.5. The van der Waals surface area contributed by atoms with E-state index in [-0.39, 0.29) is 11.9 Å². The summed E-state index contributed by atoms with van der Waals surface area (Å²) < 4.78 is 0. The average Bonchev–Trinajstić information content (AvgIpc) is 2.63. The highest BCUT2D eigenvalue weighted by Crippen LogP contribution is 2.11. The molecular weight excluding hydrogens is 204 g/mol. The minimum Gasteiger partial charge on any atom is -0.383 e. The Morgan fingerprint density at radius 3 is 2.81 bits per heavy atom. The molecule has 1 amide bonds. The molecule has 1 heterocycles. The third-order valence-electron chi connectivity index (χ3n) is 2.74. The van der Waals surface area contributed by atoms with Crippen LogP contribution in [-0.4, -0.2) is 22.1 Å². The standard InChI is InChI=1S/C11H20N4O/c1-4-7(2)5-8(3)14-11(16)9-6-13-15-10(9)12/h6-8H,4-5H2,1-3H3,(H,14,16)(H3,12,13,15). The first-order valence-electron chi connectivity index (χ1n) is 5.64. The van der Waals surface area contributed by atoms with Gasteiger partial charge in [0.25, 0.3) is 5.91 Å². The maximum absolute atomic E-state index is 11.8. The minimum absolute atomic E-state index is 0.150. The summed E-state index contributed by atoms with van der Waals surface area (Å²) in [4.78, 5) is 11.8. The number of rotatable bonds is 5. The molecule has 0 fully saturated rings. The van der Waals surface area contributed by atoms with Crippen LogP contribution in [0.25, 0.3) is 0 Å². The van der Waals surface area contributed by atoms with Crippen molar-refractivity contribution in [2.45, 2.75) is 39.7 Å². The Hall–Kier alpha value is -1.52. The summed E-state index contributed by atoms with van der Waals surface area (Å²) in [6, 6.07) is 0.150. The number of aromatic nitrogens is 2. The second-order valence-electron chi connectivity index (χ2n) is 4.32. The number of amides is 1. The molecule has 0 bridgehead atoms. The zero-order chi connectivity index (χ0) is 12.1. The second kappa shape index (κ2) is 5.53. The van der Waals surface area contributed by atoms with E-state index in [4.69, 9.17) is 5.73 Å². The normalized spacial score (nSPS) is 14.4. The highest BCUT2D eigenvalue weighted by atomic mass is 16.1. The van der Waals surface area contributed by atoms with E-state index in [9.17, 15) is 4.79 Å². The Morgan fingerprint density at radius 2 is 2.31 bits per heavy atom. The van der Waals surface area contributed by atoms with Crippen molar-refractivity contribution in [1.82, 2.24) is 15.5 Å². The summed E-state index contributed by atoms with van der Waals surface area (Å²) >= 11 is 0. The first-order chi connectivity index (χ1) is 7.54. The Morgan fingerprint density at radius 1 is 1.62 bits per heavy atom. The largest absolute Gasteiger partial charge is 0.383 e.